The molecule has 1 aliphatic rings. The monoisotopic (exact) mass is 174 g/mol. The molecular weight excluding hydrogens is 162 g/mol. The normalized spacial score (nSPS) is 20.8. The van der Waals surface area contributed by atoms with Crippen LogP contribution in [0.3, 0.4) is 0 Å². The van der Waals surface area contributed by atoms with Gasteiger partial charge >= 0.3 is 0 Å². The second-order valence-electron chi connectivity index (χ2n) is 2.79. The minimum Gasteiger partial charge on any atom is -0.377 e. The molecule has 0 heterocycles. The van der Waals surface area contributed by atoms with E-state index in [2.05, 4.69) is 0 Å². The van der Waals surface area contributed by atoms with Crippen molar-refractivity contribution in [2.24, 2.45) is 0 Å². The molecular formula is C9H12F2O. The standard InChI is InChI=1S/C9H12F2O/c1-6(12-2)9-7(10)4-3-5-8(9)11/h4,6H,3,5H2,1-2H3/t6-/m0/s1. The number of rotatable bonds is 2. The molecule has 0 bridgehead atoms. The van der Waals surface area contributed by atoms with Crippen molar-refractivity contribution < 1.29 is 13.5 Å². The number of ether oxygens (including phenoxy) is 1. The first kappa shape index (κ1) is 9.39. The van der Waals surface area contributed by atoms with E-state index in [1.165, 1.54) is 13.2 Å². The topological polar surface area (TPSA) is 9.23 Å². The first-order valence-corrected chi connectivity index (χ1v) is 3.94. The molecule has 1 nitrogen and oxygen atoms in total. The van der Waals surface area contributed by atoms with Crippen LogP contribution in [0.5, 0.6) is 0 Å². The van der Waals surface area contributed by atoms with Crippen molar-refractivity contribution in [2.75, 3.05) is 7.11 Å². The zero-order chi connectivity index (χ0) is 9.14. The van der Waals surface area contributed by atoms with Gasteiger partial charge in [0.05, 0.1) is 6.10 Å². The van der Waals surface area contributed by atoms with E-state index in [-0.39, 0.29) is 17.8 Å². The highest BCUT2D eigenvalue weighted by atomic mass is 19.1. The van der Waals surface area contributed by atoms with Crippen LogP contribution in [0.4, 0.5) is 8.78 Å². The highest BCUT2D eigenvalue weighted by molar-refractivity contribution is 5.34. The molecule has 0 N–H and O–H groups in total. The Morgan fingerprint density at radius 3 is 2.67 bits per heavy atom. The summed E-state index contributed by atoms with van der Waals surface area (Å²) >= 11 is 0. The summed E-state index contributed by atoms with van der Waals surface area (Å²) in [5.41, 5.74) is 0.0729. The van der Waals surface area contributed by atoms with Crippen LogP contribution < -0.4 is 0 Å². The highest BCUT2D eigenvalue weighted by Crippen LogP contribution is 2.30. The quantitative estimate of drug-likeness (QED) is 0.625. The Kier molecular flexibility index (Phi) is 2.98. The summed E-state index contributed by atoms with van der Waals surface area (Å²) in [6.07, 6.45) is 1.63. The molecule has 1 atom stereocenters. The molecule has 0 saturated heterocycles. The maximum atomic E-state index is 13.1. The predicted molar refractivity (Wildman–Crippen MR) is 43.0 cm³/mol. The van der Waals surface area contributed by atoms with E-state index in [9.17, 15) is 8.78 Å². The fraction of sp³-hybridized carbons (Fsp3) is 0.556. The van der Waals surface area contributed by atoms with Crippen LogP contribution in [0.25, 0.3) is 0 Å². The molecule has 1 aliphatic carbocycles. The lowest BCUT2D eigenvalue weighted by Crippen LogP contribution is -2.13. The summed E-state index contributed by atoms with van der Waals surface area (Å²) in [6.45, 7) is 1.63. The van der Waals surface area contributed by atoms with Crippen molar-refractivity contribution in [3.63, 3.8) is 0 Å². The van der Waals surface area contributed by atoms with Crippen LogP contribution in [0.15, 0.2) is 23.3 Å². The fourth-order valence-electron chi connectivity index (χ4n) is 1.23. The minimum absolute atomic E-state index is 0.0729. The van der Waals surface area contributed by atoms with Crippen LogP contribution in [0, 0.1) is 0 Å². The van der Waals surface area contributed by atoms with E-state index in [0.717, 1.165) is 0 Å². The van der Waals surface area contributed by atoms with Crippen molar-refractivity contribution in [3.05, 3.63) is 23.3 Å². The highest BCUT2D eigenvalue weighted by Gasteiger charge is 2.21. The van der Waals surface area contributed by atoms with Crippen LogP contribution in [0.1, 0.15) is 19.8 Å². The van der Waals surface area contributed by atoms with Gasteiger partial charge in [-0.3, -0.25) is 0 Å². The Morgan fingerprint density at radius 1 is 1.50 bits per heavy atom. The second kappa shape index (κ2) is 3.81. The van der Waals surface area contributed by atoms with Gasteiger partial charge in [-0.25, -0.2) is 8.78 Å². The maximum Gasteiger partial charge on any atom is 0.127 e. The van der Waals surface area contributed by atoms with E-state index in [1.54, 1.807) is 6.92 Å². The average molecular weight is 174 g/mol. The van der Waals surface area contributed by atoms with E-state index in [0.29, 0.717) is 6.42 Å². The van der Waals surface area contributed by atoms with Crippen LogP contribution >= 0.6 is 0 Å². The van der Waals surface area contributed by atoms with Crippen LogP contribution in [-0.2, 0) is 4.74 Å². The summed E-state index contributed by atoms with van der Waals surface area (Å²) < 4.78 is 30.9. The molecule has 0 radical (unpaired) electrons. The molecule has 0 aromatic rings. The molecule has 0 aromatic carbocycles. The molecule has 1 rings (SSSR count). The summed E-state index contributed by atoms with van der Waals surface area (Å²) in [5.74, 6) is -0.863. The van der Waals surface area contributed by atoms with Crippen molar-refractivity contribution in [3.8, 4) is 0 Å². The summed E-state index contributed by atoms with van der Waals surface area (Å²) in [4.78, 5) is 0. The Balaban J connectivity index is 2.90. The van der Waals surface area contributed by atoms with Gasteiger partial charge < -0.3 is 4.74 Å². The molecule has 0 spiro atoms. The number of methoxy groups -OCH3 is 1. The number of allylic oxidation sites excluding steroid dienone is 2. The van der Waals surface area contributed by atoms with Gasteiger partial charge in [-0.1, -0.05) is 0 Å². The van der Waals surface area contributed by atoms with Gasteiger partial charge in [0.2, 0.25) is 0 Å². The predicted octanol–water partition coefficient (Wildman–Crippen LogP) is 2.89. The minimum atomic E-state index is -0.499. The number of halogens is 2. The van der Waals surface area contributed by atoms with Crippen LogP contribution in [-0.4, -0.2) is 13.2 Å². The largest absolute Gasteiger partial charge is 0.377 e. The zero-order valence-corrected chi connectivity index (χ0v) is 7.23. The Hall–Kier alpha value is -0.700. The van der Waals surface area contributed by atoms with Gasteiger partial charge in [0, 0.05) is 19.1 Å². The molecule has 12 heavy (non-hydrogen) atoms. The van der Waals surface area contributed by atoms with E-state index in [1.807, 2.05) is 0 Å². The van der Waals surface area contributed by atoms with Gasteiger partial charge in [-0.2, -0.15) is 0 Å². The SMILES string of the molecule is CO[C@@H](C)C1=C(F)CCC=C1F. The van der Waals surface area contributed by atoms with Crippen LogP contribution in [0.2, 0.25) is 0 Å². The molecule has 0 fully saturated rings. The average Bonchev–Trinajstić information content (AvgIpc) is 2.03. The molecule has 0 amide bonds. The summed E-state index contributed by atoms with van der Waals surface area (Å²) in [7, 11) is 1.44. The molecule has 0 aromatic heterocycles. The second-order valence-corrected chi connectivity index (χ2v) is 2.79. The van der Waals surface area contributed by atoms with Crippen molar-refractivity contribution in [2.45, 2.75) is 25.9 Å². The van der Waals surface area contributed by atoms with Gasteiger partial charge in [-0.15, -0.1) is 0 Å². The molecule has 0 saturated carbocycles. The Labute approximate surface area is 70.7 Å². The fourth-order valence-corrected chi connectivity index (χ4v) is 1.23. The third kappa shape index (κ3) is 1.72. The zero-order valence-electron chi connectivity index (χ0n) is 7.23. The van der Waals surface area contributed by atoms with Crippen molar-refractivity contribution in [1.82, 2.24) is 0 Å². The smallest absolute Gasteiger partial charge is 0.127 e. The summed E-state index contributed by atoms with van der Waals surface area (Å²) in [6, 6.07) is 0. The molecule has 0 unspecified atom stereocenters. The third-order valence-corrected chi connectivity index (χ3v) is 2.00. The Bertz CT molecular complexity index is 231. The Morgan fingerprint density at radius 2 is 2.17 bits per heavy atom. The first-order valence-electron chi connectivity index (χ1n) is 3.94. The lowest BCUT2D eigenvalue weighted by Gasteiger charge is -2.17. The van der Waals surface area contributed by atoms with Crippen molar-refractivity contribution >= 4 is 0 Å². The third-order valence-electron chi connectivity index (χ3n) is 2.00. The van der Waals surface area contributed by atoms with E-state index >= 15 is 0 Å². The number of hydrogen-bond donors (Lipinski definition) is 0. The van der Waals surface area contributed by atoms with Gasteiger partial charge in [0.1, 0.15) is 11.7 Å². The lowest BCUT2D eigenvalue weighted by molar-refractivity contribution is 0.142. The van der Waals surface area contributed by atoms with Gasteiger partial charge in [-0.05, 0) is 19.4 Å². The first-order chi connectivity index (χ1) is 5.66. The van der Waals surface area contributed by atoms with Gasteiger partial charge in [0.15, 0.2) is 0 Å². The van der Waals surface area contributed by atoms with Gasteiger partial charge in [0.25, 0.3) is 0 Å². The summed E-state index contributed by atoms with van der Waals surface area (Å²) in [5, 5.41) is 0. The lowest BCUT2D eigenvalue weighted by atomic mass is 10.0. The molecule has 3 heteroatoms. The number of hydrogen-bond acceptors (Lipinski definition) is 1. The molecule has 0 aliphatic heterocycles. The van der Waals surface area contributed by atoms with Crippen molar-refractivity contribution in [1.29, 1.82) is 0 Å². The van der Waals surface area contributed by atoms with E-state index < -0.39 is 11.9 Å². The molecule has 68 valence electrons. The maximum absolute atomic E-state index is 13.1. The van der Waals surface area contributed by atoms with E-state index in [4.69, 9.17) is 4.74 Å².